The molecule has 0 aromatic rings. The van der Waals surface area contributed by atoms with Crippen LogP contribution in [-0.4, -0.2) is 24.1 Å². The van der Waals surface area contributed by atoms with Crippen LogP contribution in [0.4, 0.5) is 0 Å². The first-order chi connectivity index (χ1) is 7.18. The maximum absolute atomic E-state index is 11.7. The highest BCUT2D eigenvalue weighted by Gasteiger charge is 2.54. The van der Waals surface area contributed by atoms with Crippen molar-refractivity contribution in [3.05, 3.63) is 0 Å². The highest BCUT2D eigenvalue weighted by Crippen LogP contribution is 2.45. The Morgan fingerprint density at radius 3 is 2.80 bits per heavy atom. The largest absolute Gasteiger partial charge is 0.466 e. The third-order valence-corrected chi connectivity index (χ3v) is 3.34. The van der Waals surface area contributed by atoms with Gasteiger partial charge >= 0.3 is 11.9 Å². The van der Waals surface area contributed by atoms with Gasteiger partial charge in [-0.1, -0.05) is 0 Å². The Labute approximate surface area is 88.9 Å². The minimum absolute atomic E-state index is 0.193. The molecule has 2 aliphatic rings. The molecule has 1 aliphatic heterocycles. The molecule has 4 nitrogen and oxygen atoms in total. The highest BCUT2D eigenvalue weighted by molar-refractivity contribution is 5.84. The van der Waals surface area contributed by atoms with E-state index >= 15 is 0 Å². The van der Waals surface area contributed by atoms with Crippen molar-refractivity contribution in [3.8, 4) is 0 Å². The number of hydrogen-bond acceptors (Lipinski definition) is 4. The van der Waals surface area contributed by atoms with Crippen molar-refractivity contribution in [1.29, 1.82) is 0 Å². The molecule has 0 radical (unpaired) electrons. The molecular weight excluding hydrogens is 196 g/mol. The van der Waals surface area contributed by atoms with Gasteiger partial charge in [-0.3, -0.25) is 9.59 Å². The number of ether oxygens (including phenoxy) is 2. The molecule has 0 aromatic carbocycles. The summed E-state index contributed by atoms with van der Waals surface area (Å²) in [5.74, 6) is -0.896. The smallest absolute Gasteiger partial charge is 0.313 e. The summed E-state index contributed by atoms with van der Waals surface area (Å²) in [7, 11) is 0. The van der Waals surface area contributed by atoms with Crippen molar-refractivity contribution in [2.24, 2.45) is 5.92 Å². The van der Waals surface area contributed by atoms with Crippen LogP contribution in [0.25, 0.3) is 0 Å². The molecule has 1 atom stereocenters. The number of carbonyl (C=O) groups excluding carboxylic acids is 2. The molecule has 4 heteroatoms. The lowest BCUT2D eigenvalue weighted by Gasteiger charge is -2.27. The summed E-state index contributed by atoms with van der Waals surface area (Å²) in [4.78, 5) is 23.0. The van der Waals surface area contributed by atoms with Gasteiger partial charge in [0.05, 0.1) is 13.0 Å². The van der Waals surface area contributed by atoms with Gasteiger partial charge in [-0.15, -0.1) is 0 Å². The van der Waals surface area contributed by atoms with Crippen molar-refractivity contribution >= 4 is 11.9 Å². The lowest BCUT2D eigenvalue weighted by Crippen LogP contribution is -2.37. The molecule has 84 valence electrons. The molecule has 0 amide bonds. The zero-order valence-electron chi connectivity index (χ0n) is 8.95. The van der Waals surface area contributed by atoms with Crippen LogP contribution in [0.15, 0.2) is 0 Å². The Hall–Kier alpha value is -1.06. The minimum Gasteiger partial charge on any atom is -0.466 e. The second-order valence-corrected chi connectivity index (χ2v) is 4.25. The van der Waals surface area contributed by atoms with Gasteiger partial charge in [0.2, 0.25) is 0 Å². The van der Waals surface area contributed by atoms with Crippen molar-refractivity contribution in [2.75, 3.05) is 6.61 Å². The molecule has 0 bridgehead atoms. The Morgan fingerprint density at radius 1 is 1.53 bits per heavy atom. The van der Waals surface area contributed by atoms with Crippen LogP contribution in [0.5, 0.6) is 0 Å². The molecule has 1 heterocycles. The fourth-order valence-electron chi connectivity index (χ4n) is 2.66. The summed E-state index contributed by atoms with van der Waals surface area (Å²) >= 11 is 0. The molecule has 1 aliphatic carbocycles. The summed E-state index contributed by atoms with van der Waals surface area (Å²) in [6, 6.07) is 0. The average molecular weight is 212 g/mol. The van der Waals surface area contributed by atoms with Gasteiger partial charge in [0.15, 0.2) is 0 Å². The van der Waals surface area contributed by atoms with Crippen LogP contribution in [0.3, 0.4) is 0 Å². The fourth-order valence-corrected chi connectivity index (χ4v) is 2.66. The summed E-state index contributed by atoms with van der Waals surface area (Å²) < 4.78 is 10.3. The molecule has 1 saturated carbocycles. The lowest BCUT2D eigenvalue weighted by atomic mass is 9.86. The Balaban J connectivity index is 2.14. The van der Waals surface area contributed by atoms with Gasteiger partial charge in [-0.2, -0.15) is 0 Å². The number of esters is 2. The third-order valence-electron chi connectivity index (χ3n) is 3.34. The van der Waals surface area contributed by atoms with E-state index < -0.39 is 5.60 Å². The molecule has 0 N–H and O–H groups in total. The van der Waals surface area contributed by atoms with Crippen LogP contribution in [0.1, 0.15) is 39.0 Å². The zero-order valence-corrected chi connectivity index (χ0v) is 8.95. The van der Waals surface area contributed by atoms with Crippen LogP contribution >= 0.6 is 0 Å². The Bertz CT molecular complexity index is 278. The third kappa shape index (κ3) is 1.73. The molecule has 2 fully saturated rings. The first-order valence-electron chi connectivity index (χ1n) is 5.56. The normalized spacial score (nSPS) is 28.1. The van der Waals surface area contributed by atoms with Crippen molar-refractivity contribution in [1.82, 2.24) is 0 Å². The quantitative estimate of drug-likeness (QED) is 0.650. The van der Waals surface area contributed by atoms with E-state index in [0.29, 0.717) is 6.61 Å². The van der Waals surface area contributed by atoms with Crippen LogP contribution < -0.4 is 0 Å². The highest BCUT2D eigenvalue weighted by atomic mass is 16.6. The average Bonchev–Trinajstić information content (AvgIpc) is 2.75. The first kappa shape index (κ1) is 10.5. The Kier molecular flexibility index (Phi) is 2.67. The van der Waals surface area contributed by atoms with Gasteiger partial charge in [0.1, 0.15) is 11.5 Å². The molecule has 0 aromatic heterocycles. The van der Waals surface area contributed by atoms with E-state index in [1.165, 1.54) is 0 Å². The summed E-state index contributed by atoms with van der Waals surface area (Å²) in [6.07, 6.45) is 3.87. The SMILES string of the molecule is CCOC(=O)[C@@H]1CC(=O)OC12CCCC2. The van der Waals surface area contributed by atoms with Crippen LogP contribution in [0, 0.1) is 5.92 Å². The van der Waals surface area contributed by atoms with Crippen molar-refractivity contribution in [2.45, 2.75) is 44.6 Å². The van der Waals surface area contributed by atoms with Gasteiger partial charge in [0.25, 0.3) is 0 Å². The van der Waals surface area contributed by atoms with E-state index in [0.717, 1.165) is 25.7 Å². The second-order valence-electron chi connectivity index (χ2n) is 4.25. The van der Waals surface area contributed by atoms with Crippen molar-refractivity contribution in [3.63, 3.8) is 0 Å². The lowest BCUT2D eigenvalue weighted by molar-refractivity contribution is -0.157. The van der Waals surface area contributed by atoms with E-state index in [2.05, 4.69) is 0 Å². The monoisotopic (exact) mass is 212 g/mol. The van der Waals surface area contributed by atoms with E-state index in [1.807, 2.05) is 0 Å². The number of hydrogen-bond donors (Lipinski definition) is 0. The van der Waals surface area contributed by atoms with Crippen LogP contribution in [-0.2, 0) is 19.1 Å². The van der Waals surface area contributed by atoms with Gasteiger partial charge in [-0.05, 0) is 32.6 Å². The molecule has 0 unspecified atom stereocenters. The topological polar surface area (TPSA) is 52.6 Å². The molecule has 2 rings (SSSR count). The van der Waals surface area contributed by atoms with Gasteiger partial charge in [0, 0.05) is 0 Å². The molecular formula is C11H16O4. The Morgan fingerprint density at radius 2 is 2.20 bits per heavy atom. The van der Waals surface area contributed by atoms with Crippen molar-refractivity contribution < 1.29 is 19.1 Å². The molecule has 1 spiro atoms. The van der Waals surface area contributed by atoms with E-state index in [1.54, 1.807) is 6.92 Å². The number of rotatable bonds is 2. The van der Waals surface area contributed by atoms with E-state index in [9.17, 15) is 9.59 Å². The molecule has 1 saturated heterocycles. The fraction of sp³-hybridized carbons (Fsp3) is 0.818. The number of carbonyl (C=O) groups is 2. The first-order valence-corrected chi connectivity index (χ1v) is 5.56. The minimum atomic E-state index is -0.524. The van der Waals surface area contributed by atoms with Crippen LogP contribution in [0.2, 0.25) is 0 Å². The van der Waals surface area contributed by atoms with Gasteiger partial charge < -0.3 is 9.47 Å². The predicted octanol–water partition coefficient (Wildman–Crippen LogP) is 1.43. The summed E-state index contributed by atoms with van der Waals surface area (Å²) in [6.45, 7) is 2.14. The predicted molar refractivity (Wildman–Crippen MR) is 52.0 cm³/mol. The summed E-state index contributed by atoms with van der Waals surface area (Å²) in [5, 5.41) is 0. The second kappa shape index (κ2) is 3.83. The van der Waals surface area contributed by atoms with Gasteiger partial charge in [-0.25, -0.2) is 0 Å². The maximum atomic E-state index is 11.7. The standard InChI is InChI=1S/C11H16O4/c1-2-14-10(13)8-7-9(12)15-11(8)5-3-4-6-11/h8H,2-7H2,1H3/t8-/m0/s1. The summed E-state index contributed by atoms with van der Waals surface area (Å²) in [5.41, 5.74) is -0.524. The van der Waals surface area contributed by atoms with E-state index in [-0.39, 0.29) is 24.3 Å². The maximum Gasteiger partial charge on any atom is 0.313 e. The van der Waals surface area contributed by atoms with E-state index in [4.69, 9.17) is 9.47 Å². The molecule has 15 heavy (non-hydrogen) atoms. The zero-order chi connectivity index (χ0) is 10.9.